The third kappa shape index (κ3) is 17.4. The minimum atomic E-state index is -0.0949. The maximum Gasteiger partial charge on any atom is 0.0540 e. The molecule has 1 nitrogen and oxygen atoms in total. The molecule has 0 aromatic heterocycles. The van der Waals surface area contributed by atoms with Gasteiger partial charge in [0.2, 0.25) is 0 Å². The van der Waals surface area contributed by atoms with E-state index in [1.54, 1.807) is 0 Å². The number of allylic oxidation sites excluding steroid dienone is 4. The molecule has 0 fully saturated rings. The smallest absolute Gasteiger partial charge is 0.0540 e. The Morgan fingerprint density at radius 1 is 0.619 bits per heavy atom. The first-order chi connectivity index (χ1) is 10.3. The zero-order valence-electron chi connectivity index (χ0n) is 14.5. The molecule has 0 amide bonds. The van der Waals surface area contributed by atoms with Gasteiger partial charge in [-0.25, -0.2) is 0 Å². The summed E-state index contributed by atoms with van der Waals surface area (Å²) in [5.74, 6) is 0. The van der Waals surface area contributed by atoms with Crippen molar-refractivity contribution >= 4 is 0 Å². The maximum atomic E-state index is 9.91. The summed E-state index contributed by atoms with van der Waals surface area (Å²) in [5.41, 5.74) is 0. The van der Waals surface area contributed by atoms with Crippen LogP contribution in [0.5, 0.6) is 0 Å². The Bertz CT molecular complexity index is 242. The third-order valence-electron chi connectivity index (χ3n) is 3.85. The van der Waals surface area contributed by atoms with Crippen LogP contribution in [0, 0.1) is 0 Å². The first-order valence-electron chi connectivity index (χ1n) is 9.29. The number of rotatable bonds is 15. The lowest BCUT2D eigenvalue weighted by Gasteiger charge is -2.08. The number of hydrogen-bond acceptors (Lipinski definition) is 1. The van der Waals surface area contributed by atoms with Crippen LogP contribution < -0.4 is 0 Å². The Morgan fingerprint density at radius 2 is 1.05 bits per heavy atom. The molecule has 1 N–H and O–H groups in total. The van der Waals surface area contributed by atoms with Gasteiger partial charge in [-0.15, -0.1) is 0 Å². The second-order valence-corrected chi connectivity index (χ2v) is 6.10. The average molecular weight is 295 g/mol. The van der Waals surface area contributed by atoms with E-state index in [2.05, 4.69) is 38.2 Å². The van der Waals surface area contributed by atoms with Gasteiger partial charge in [-0.2, -0.15) is 0 Å². The van der Waals surface area contributed by atoms with Crippen molar-refractivity contribution in [2.45, 2.75) is 103 Å². The standard InChI is InChI=1S/C20H38O/c1-3-5-7-9-11-13-15-17-19-20(21)18-16-14-12-10-8-6-4-2/h10-13,20-21H,3-9,14-19H2,1-2H3/b12-10-,13-11-. The van der Waals surface area contributed by atoms with E-state index in [9.17, 15) is 5.11 Å². The Kier molecular flexibility index (Phi) is 17.0. The highest BCUT2D eigenvalue weighted by Gasteiger charge is 2.01. The van der Waals surface area contributed by atoms with Crippen molar-refractivity contribution in [3.63, 3.8) is 0 Å². The Labute approximate surface area is 133 Å². The second kappa shape index (κ2) is 17.5. The van der Waals surface area contributed by atoms with Crippen molar-refractivity contribution < 1.29 is 5.11 Å². The molecule has 0 radical (unpaired) electrons. The molecular weight excluding hydrogens is 256 g/mol. The first-order valence-corrected chi connectivity index (χ1v) is 9.29. The zero-order valence-corrected chi connectivity index (χ0v) is 14.5. The molecule has 0 bridgehead atoms. The molecule has 1 atom stereocenters. The summed E-state index contributed by atoms with van der Waals surface area (Å²) in [6, 6.07) is 0. The second-order valence-electron chi connectivity index (χ2n) is 6.10. The first kappa shape index (κ1) is 20.4. The Balaban J connectivity index is 3.30. The van der Waals surface area contributed by atoms with Crippen molar-refractivity contribution in [3.8, 4) is 0 Å². The van der Waals surface area contributed by atoms with E-state index in [0.29, 0.717) is 0 Å². The van der Waals surface area contributed by atoms with E-state index in [1.165, 1.54) is 44.9 Å². The van der Waals surface area contributed by atoms with Gasteiger partial charge in [0.1, 0.15) is 0 Å². The largest absolute Gasteiger partial charge is 0.393 e. The van der Waals surface area contributed by atoms with E-state index in [4.69, 9.17) is 0 Å². The van der Waals surface area contributed by atoms with Crippen molar-refractivity contribution in [3.05, 3.63) is 24.3 Å². The lowest BCUT2D eigenvalue weighted by Crippen LogP contribution is -2.05. The molecule has 1 heteroatoms. The number of aliphatic hydroxyl groups excluding tert-OH is 1. The molecule has 0 aromatic rings. The fraction of sp³-hybridized carbons (Fsp3) is 0.800. The number of hydrogen-bond donors (Lipinski definition) is 1. The van der Waals surface area contributed by atoms with Gasteiger partial charge in [0.05, 0.1) is 6.10 Å². The molecule has 0 spiro atoms. The molecule has 0 aliphatic heterocycles. The van der Waals surface area contributed by atoms with Gasteiger partial charge in [-0.1, -0.05) is 63.8 Å². The van der Waals surface area contributed by atoms with Gasteiger partial charge in [0.25, 0.3) is 0 Å². The van der Waals surface area contributed by atoms with Crippen LogP contribution in [0.2, 0.25) is 0 Å². The summed E-state index contributed by atoms with van der Waals surface area (Å²) in [4.78, 5) is 0. The fourth-order valence-electron chi connectivity index (χ4n) is 2.39. The predicted octanol–water partition coefficient (Wildman–Crippen LogP) is 6.57. The van der Waals surface area contributed by atoms with Crippen molar-refractivity contribution in [2.75, 3.05) is 0 Å². The molecule has 124 valence electrons. The van der Waals surface area contributed by atoms with Crippen molar-refractivity contribution in [1.82, 2.24) is 0 Å². The van der Waals surface area contributed by atoms with Gasteiger partial charge in [-0.05, 0) is 57.8 Å². The quantitative estimate of drug-likeness (QED) is 0.267. The normalized spacial score (nSPS) is 13.5. The topological polar surface area (TPSA) is 20.2 Å². The van der Waals surface area contributed by atoms with E-state index >= 15 is 0 Å². The van der Waals surface area contributed by atoms with E-state index in [1.807, 2.05) is 0 Å². The van der Waals surface area contributed by atoms with Gasteiger partial charge >= 0.3 is 0 Å². The summed E-state index contributed by atoms with van der Waals surface area (Å²) in [6.45, 7) is 4.47. The highest BCUT2D eigenvalue weighted by Crippen LogP contribution is 2.10. The molecule has 0 aromatic carbocycles. The molecule has 1 unspecified atom stereocenters. The number of aliphatic hydroxyl groups is 1. The molecule has 0 saturated carbocycles. The van der Waals surface area contributed by atoms with Crippen LogP contribution in [0.1, 0.15) is 97.3 Å². The summed E-state index contributed by atoms with van der Waals surface area (Å²) in [7, 11) is 0. The van der Waals surface area contributed by atoms with Crippen LogP contribution in [-0.4, -0.2) is 11.2 Å². The van der Waals surface area contributed by atoms with Crippen LogP contribution in [-0.2, 0) is 0 Å². The highest BCUT2D eigenvalue weighted by atomic mass is 16.3. The molecule has 0 rings (SSSR count). The molecule has 21 heavy (non-hydrogen) atoms. The lowest BCUT2D eigenvalue weighted by molar-refractivity contribution is 0.150. The minimum absolute atomic E-state index is 0.0949. The van der Waals surface area contributed by atoms with E-state index in [0.717, 1.165) is 38.5 Å². The predicted molar refractivity (Wildman–Crippen MR) is 95.7 cm³/mol. The zero-order chi connectivity index (χ0) is 15.6. The molecule has 0 saturated heterocycles. The average Bonchev–Trinajstić information content (AvgIpc) is 2.49. The Morgan fingerprint density at radius 3 is 1.52 bits per heavy atom. The number of unbranched alkanes of at least 4 members (excludes halogenated alkanes) is 7. The van der Waals surface area contributed by atoms with E-state index in [-0.39, 0.29) is 6.10 Å². The van der Waals surface area contributed by atoms with Crippen LogP contribution in [0.3, 0.4) is 0 Å². The molecule has 0 aliphatic carbocycles. The fourth-order valence-corrected chi connectivity index (χ4v) is 2.39. The summed E-state index contributed by atoms with van der Waals surface area (Å²) in [6.07, 6.45) is 24.4. The summed E-state index contributed by atoms with van der Waals surface area (Å²) < 4.78 is 0. The molecular formula is C20H38O. The molecule has 0 heterocycles. The summed E-state index contributed by atoms with van der Waals surface area (Å²) in [5, 5.41) is 9.91. The van der Waals surface area contributed by atoms with Crippen LogP contribution in [0.15, 0.2) is 24.3 Å². The van der Waals surface area contributed by atoms with Gasteiger partial charge in [0.15, 0.2) is 0 Å². The van der Waals surface area contributed by atoms with Crippen LogP contribution in [0.25, 0.3) is 0 Å². The van der Waals surface area contributed by atoms with E-state index < -0.39 is 0 Å². The highest BCUT2D eigenvalue weighted by molar-refractivity contribution is 4.82. The monoisotopic (exact) mass is 294 g/mol. The maximum absolute atomic E-state index is 9.91. The molecule has 0 aliphatic rings. The minimum Gasteiger partial charge on any atom is -0.393 e. The van der Waals surface area contributed by atoms with Crippen LogP contribution >= 0.6 is 0 Å². The van der Waals surface area contributed by atoms with Crippen LogP contribution in [0.4, 0.5) is 0 Å². The van der Waals surface area contributed by atoms with Gasteiger partial charge < -0.3 is 5.11 Å². The van der Waals surface area contributed by atoms with Crippen molar-refractivity contribution in [2.24, 2.45) is 0 Å². The van der Waals surface area contributed by atoms with Gasteiger partial charge in [0, 0.05) is 0 Å². The van der Waals surface area contributed by atoms with Gasteiger partial charge in [-0.3, -0.25) is 0 Å². The SMILES string of the molecule is CCCC/C=C\CCCC(O)CCC/C=C\CCCCC. The summed E-state index contributed by atoms with van der Waals surface area (Å²) >= 11 is 0. The van der Waals surface area contributed by atoms with Crippen molar-refractivity contribution in [1.29, 1.82) is 0 Å². The third-order valence-corrected chi connectivity index (χ3v) is 3.85. The Hall–Kier alpha value is -0.560. The lowest BCUT2D eigenvalue weighted by atomic mass is 10.1.